The summed E-state index contributed by atoms with van der Waals surface area (Å²) in [5.74, 6) is 3.17. The van der Waals surface area contributed by atoms with E-state index in [1.165, 1.54) is 11.8 Å². The molecule has 1 aromatic heterocycles. The lowest BCUT2D eigenvalue weighted by atomic mass is 10.2. The molecular formula is C23H26N4O5S. The van der Waals surface area contributed by atoms with E-state index in [0.29, 0.717) is 40.5 Å². The lowest BCUT2D eigenvalue weighted by molar-refractivity contribution is -0.113. The molecule has 0 spiro atoms. The molecule has 1 amide bonds. The summed E-state index contributed by atoms with van der Waals surface area (Å²) >= 11 is 1.28. The van der Waals surface area contributed by atoms with Crippen LogP contribution in [0.1, 0.15) is 5.82 Å². The summed E-state index contributed by atoms with van der Waals surface area (Å²) in [4.78, 5) is 12.5. The first-order valence-electron chi connectivity index (χ1n) is 10.0. The zero-order valence-electron chi connectivity index (χ0n) is 18.7. The average molecular weight is 471 g/mol. The van der Waals surface area contributed by atoms with Crippen LogP contribution in [0.5, 0.6) is 23.0 Å². The number of hydrogen-bond donors (Lipinski definition) is 1. The van der Waals surface area contributed by atoms with E-state index < -0.39 is 0 Å². The number of thioether (sulfide) groups is 1. The van der Waals surface area contributed by atoms with Gasteiger partial charge in [-0.1, -0.05) is 17.8 Å². The Kier molecular flexibility index (Phi) is 8.59. The number of nitrogens with zero attached hydrogens (tertiary/aromatic N) is 3. The molecule has 0 aliphatic carbocycles. The third-order valence-corrected chi connectivity index (χ3v) is 5.50. The molecule has 0 unspecified atom stereocenters. The summed E-state index contributed by atoms with van der Waals surface area (Å²) in [5.41, 5.74) is 0.611. The van der Waals surface area contributed by atoms with E-state index in [9.17, 15) is 4.79 Å². The largest absolute Gasteiger partial charge is 0.497 e. The van der Waals surface area contributed by atoms with Gasteiger partial charge in [-0.3, -0.25) is 9.36 Å². The Bertz CT molecular complexity index is 1080. The van der Waals surface area contributed by atoms with Crippen molar-refractivity contribution in [2.24, 2.45) is 0 Å². The first-order valence-corrected chi connectivity index (χ1v) is 11.0. The highest BCUT2D eigenvalue weighted by Crippen LogP contribution is 2.30. The van der Waals surface area contributed by atoms with Crippen molar-refractivity contribution in [2.45, 2.75) is 18.3 Å². The molecule has 1 N–H and O–H groups in total. The molecule has 9 nitrogen and oxygen atoms in total. The molecule has 0 aliphatic rings. The van der Waals surface area contributed by atoms with E-state index in [1.54, 1.807) is 45.6 Å². The van der Waals surface area contributed by atoms with Crippen molar-refractivity contribution in [1.29, 1.82) is 0 Å². The Morgan fingerprint density at radius 3 is 2.42 bits per heavy atom. The number of anilines is 1. The van der Waals surface area contributed by atoms with E-state index in [0.717, 1.165) is 5.75 Å². The minimum Gasteiger partial charge on any atom is -0.497 e. The van der Waals surface area contributed by atoms with Crippen LogP contribution in [0.3, 0.4) is 0 Å². The number of nitrogens with one attached hydrogen (secondary N) is 1. The van der Waals surface area contributed by atoms with Crippen LogP contribution < -0.4 is 24.3 Å². The molecule has 3 aromatic rings. The van der Waals surface area contributed by atoms with Gasteiger partial charge >= 0.3 is 0 Å². The van der Waals surface area contributed by atoms with E-state index in [2.05, 4.69) is 22.1 Å². The normalized spacial score (nSPS) is 10.4. The molecule has 3 rings (SSSR count). The van der Waals surface area contributed by atoms with E-state index in [4.69, 9.17) is 18.9 Å². The number of benzene rings is 2. The van der Waals surface area contributed by atoms with Crippen LogP contribution in [0, 0.1) is 0 Å². The average Bonchev–Trinajstić information content (AvgIpc) is 3.23. The molecule has 0 aliphatic heterocycles. The van der Waals surface area contributed by atoms with E-state index in [-0.39, 0.29) is 18.3 Å². The first-order chi connectivity index (χ1) is 16.1. The number of aromatic nitrogens is 3. The van der Waals surface area contributed by atoms with Crippen molar-refractivity contribution in [3.05, 3.63) is 60.9 Å². The van der Waals surface area contributed by atoms with Crippen molar-refractivity contribution in [2.75, 3.05) is 32.4 Å². The SMILES string of the molecule is C=CCn1c(COc2ccc(OC)cc2)nnc1SCC(=O)Nc1ccc(OC)c(OC)c1. The maximum absolute atomic E-state index is 12.5. The smallest absolute Gasteiger partial charge is 0.234 e. The van der Waals surface area contributed by atoms with Crippen molar-refractivity contribution in [1.82, 2.24) is 14.8 Å². The number of amides is 1. The molecule has 0 fully saturated rings. The van der Waals surface area contributed by atoms with Gasteiger partial charge in [-0.15, -0.1) is 16.8 Å². The van der Waals surface area contributed by atoms with Crippen molar-refractivity contribution in [3.8, 4) is 23.0 Å². The Balaban J connectivity index is 1.60. The second-order valence-corrected chi connectivity index (χ2v) is 7.61. The zero-order chi connectivity index (χ0) is 23.6. The third kappa shape index (κ3) is 6.42. The molecule has 0 bridgehead atoms. The number of methoxy groups -OCH3 is 3. The van der Waals surface area contributed by atoms with Crippen molar-refractivity contribution in [3.63, 3.8) is 0 Å². The molecule has 2 aromatic carbocycles. The van der Waals surface area contributed by atoms with E-state index in [1.807, 2.05) is 28.8 Å². The lowest BCUT2D eigenvalue weighted by Gasteiger charge is -2.11. The number of carbonyl (C=O) groups excluding carboxylic acids is 1. The summed E-state index contributed by atoms with van der Waals surface area (Å²) in [6.07, 6.45) is 1.74. The van der Waals surface area contributed by atoms with Gasteiger partial charge in [0.1, 0.15) is 18.1 Å². The summed E-state index contributed by atoms with van der Waals surface area (Å²) in [5, 5.41) is 11.9. The highest BCUT2D eigenvalue weighted by Gasteiger charge is 2.15. The molecule has 0 atom stereocenters. The molecule has 0 radical (unpaired) electrons. The van der Waals surface area contributed by atoms with Gasteiger partial charge in [0.15, 0.2) is 22.5 Å². The second-order valence-electron chi connectivity index (χ2n) is 6.67. The van der Waals surface area contributed by atoms with Crippen LogP contribution >= 0.6 is 11.8 Å². The van der Waals surface area contributed by atoms with Crippen LogP contribution in [0.15, 0.2) is 60.3 Å². The fraction of sp³-hybridized carbons (Fsp3) is 0.261. The van der Waals surface area contributed by atoms with Gasteiger partial charge in [0.25, 0.3) is 0 Å². The monoisotopic (exact) mass is 470 g/mol. The molecule has 1 heterocycles. The topological polar surface area (TPSA) is 96.7 Å². The summed E-state index contributed by atoms with van der Waals surface area (Å²) in [6.45, 7) is 4.52. The van der Waals surface area contributed by atoms with Gasteiger partial charge in [-0.25, -0.2) is 0 Å². The van der Waals surface area contributed by atoms with Gasteiger partial charge in [0.05, 0.1) is 27.1 Å². The number of hydrogen-bond acceptors (Lipinski definition) is 8. The maximum Gasteiger partial charge on any atom is 0.234 e. The molecule has 33 heavy (non-hydrogen) atoms. The van der Waals surface area contributed by atoms with Gasteiger partial charge in [0, 0.05) is 18.3 Å². The molecule has 0 saturated heterocycles. The highest BCUT2D eigenvalue weighted by atomic mass is 32.2. The van der Waals surface area contributed by atoms with Crippen molar-refractivity contribution >= 4 is 23.4 Å². The van der Waals surface area contributed by atoms with Crippen LogP contribution in [-0.2, 0) is 17.9 Å². The summed E-state index contributed by atoms with van der Waals surface area (Å²) in [7, 11) is 4.71. The zero-order valence-corrected chi connectivity index (χ0v) is 19.6. The Morgan fingerprint density at radius 1 is 1.03 bits per heavy atom. The maximum atomic E-state index is 12.5. The minimum atomic E-state index is -0.184. The van der Waals surface area contributed by atoms with E-state index >= 15 is 0 Å². The third-order valence-electron chi connectivity index (χ3n) is 4.53. The minimum absolute atomic E-state index is 0.156. The van der Waals surface area contributed by atoms with Crippen LogP contribution in [0.25, 0.3) is 0 Å². The fourth-order valence-electron chi connectivity index (χ4n) is 2.91. The van der Waals surface area contributed by atoms with Crippen LogP contribution in [0.4, 0.5) is 5.69 Å². The number of rotatable bonds is 12. The first kappa shape index (κ1) is 24.0. The van der Waals surface area contributed by atoms with Gasteiger partial charge < -0.3 is 24.3 Å². The highest BCUT2D eigenvalue weighted by molar-refractivity contribution is 7.99. The molecule has 10 heteroatoms. The van der Waals surface area contributed by atoms with Crippen LogP contribution in [0.2, 0.25) is 0 Å². The van der Waals surface area contributed by atoms with Crippen molar-refractivity contribution < 1.29 is 23.7 Å². The Morgan fingerprint density at radius 2 is 1.76 bits per heavy atom. The van der Waals surface area contributed by atoms with Gasteiger partial charge in [-0.05, 0) is 36.4 Å². The second kappa shape index (κ2) is 11.8. The quantitative estimate of drug-likeness (QED) is 0.315. The lowest BCUT2D eigenvalue weighted by Crippen LogP contribution is -2.15. The predicted octanol–water partition coefficient (Wildman–Crippen LogP) is 3.80. The predicted molar refractivity (Wildman–Crippen MR) is 126 cm³/mol. The summed E-state index contributed by atoms with van der Waals surface area (Å²) in [6, 6.07) is 12.5. The number of ether oxygens (including phenoxy) is 4. The van der Waals surface area contributed by atoms with Gasteiger partial charge in [0.2, 0.25) is 5.91 Å². The van der Waals surface area contributed by atoms with Crippen LogP contribution in [-0.4, -0.2) is 47.8 Å². The molecular weight excluding hydrogens is 444 g/mol. The summed E-state index contributed by atoms with van der Waals surface area (Å²) < 4.78 is 23.3. The van der Waals surface area contributed by atoms with Gasteiger partial charge in [-0.2, -0.15) is 0 Å². The molecule has 174 valence electrons. The molecule has 0 saturated carbocycles. The Labute approximate surface area is 196 Å². The Hall–Kier alpha value is -3.66. The fourth-order valence-corrected chi connectivity index (χ4v) is 3.67. The standard InChI is InChI=1S/C23H26N4O5S/c1-5-12-27-21(14-32-18-9-7-17(29-2)8-10-18)25-26-23(27)33-15-22(28)24-16-6-11-19(30-3)20(13-16)31-4/h5-11,13H,1,12,14-15H2,2-4H3,(H,24,28). The number of allylic oxidation sites excluding steroid dienone is 1. The number of carbonyl (C=O) groups is 1.